The minimum atomic E-state index is -0.702. The summed E-state index contributed by atoms with van der Waals surface area (Å²) in [7, 11) is 0. The van der Waals surface area contributed by atoms with Gasteiger partial charge in [0.1, 0.15) is 5.15 Å². The minimum absolute atomic E-state index is 0.158. The van der Waals surface area contributed by atoms with Crippen molar-refractivity contribution in [3.05, 3.63) is 21.9 Å². The zero-order chi connectivity index (χ0) is 11.8. The molecule has 4 nitrogen and oxygen atoms in total. The number of carbonyl (C=O) groups excluding carboxylic acids is 1. The van der Waals surface area contributed by atoms with Crippen molar-refractivity contribution in [2.45, 2.75) is 24.8 Å². The molecule has 0 spiro atoms. The molecule has 1 heterocycles. The van der Waals surface area contributed by atoms with Crippen molar-refractivity contribution in [2.75, 3.05) is 5.32 Å². The molecule has 0 bridgehead atoms. The van der Waals surface area contributed by atoms with Gasteiger partial charge in [0, 0.05) is 0 Å². The number of hydrogen-bond acceptors (Lipinski definition) is 3. The summed E-state index contributed by atoms with van der Waals surface area (Å²) in [5.41, 5.74) is 5.79. The van der Waals surface area contributed by atoms with E-state index in [0.717, 1.165) is 19.3 Å². The number of nitrogens with one attached hydrogen (secondary N) is 1. The van der Waals surface area contributed by atoms with Crippen molar-refractivity contribution < 1.29 is 4.79 Å². The van der Waals surface area contributed by atoms with E-state index >= 15 is 0 Å². The van der Waals surface area contributed by atoms with E-state index in [1.807, 2.05) is 0 Å². The van der Waals surface area contributed by atoms with Crippen molar-refractivity contribution in [3.63, 3.8) is 0 Å². The van der Waals surface area contributed by atoms with Crippen LogP contribution in [0.3, 0.4) is 0 Å². The molecule has 6 heteroatoms. The maximum Gasteiger partial charge on any atom is 0.244 e. The largest absolute Gasteiger partial charge is 0.323 e. The lowest BCUT2D eigenvalue weighted by Crippen LogP contribution is -2.56. The molecule has 0 saturated heterocycles. The van der Waals surface area contributed by atoms with Gasteiger partial charge in [-0.05, 0) is 41.3 Å². The normalized spacial score (nSPS) is 17.7. The molecule has 1 fully saturated rings. The van der Waals surface area contributed by atoms with E-state index in [0.29, 0.717) is 15.3 Å². The van der Waals surface area contributed by atoms with Crippen LogP contribution in [0.1, 0.15) is 19.3 Å². The second-order valence-corrected chi connectivity index (χ2v) is 5.17. The predicted octanol–water partition coefficient (Wildman–Crippen LogP) is 2.32. The van der Waals surface area contributed by atoms with Crippen LogP contribution >= 0.6 is 27.5 Å². The number of pyridine rings is 1. The quantitative estimate of drug-likeness (QED) is 0.824. The average molecular weight is 305 g/mol. The molecule has 1 amide bonds. The third kappa shape index (κ3) is 2.21. The molecule has 3 N–H and O–H groups in total. The molecule has 0 radical (unpaired) electrons. The highest BCUT2D eigenvalue weighted by molar-refractivity contribution is 9.10. The van der Waals surface area contributed by atoms with Crippen LogP contribution in [0.2, 0.25) is 5.15 Å². The summed E-state index contributed by atoms with van der Waals surface area (Å²) in [4.78, 5) is 15.7. The Morgan fingerprint density at radius 1 is 1.62 bits per heavy atom. The summed E-state index contributed by atoms with van der Waals surface area (Å²) in [6.45, 7) is 0. The lowest BCUT2D eigenvalue weighted by atomic mass is 9.77. The Morgan fingerprint density at radius 2 is 2.31 bits per heavy atom. The molecule has 0 aliphatic heterocycles. The molecular formula is C10H11BrClN3O. The van der Waals surface area contributed by atoms with Gasteiger partial charge in [-0.1, -0.05) is 11.6 Å². The number of nitrogens with zero attached hydrogens (tertiary/aromatic N) is 1. The van der Waals surface area contributed by atoms with E-state index in [1.54, 1.807) is 6.07 Å². The summed E-state index contributed by atoms with van der Waals surface area (Å²) in [6, 6.07) is 1.70. The number of hydrogen-bond donors (Lipinski definition) is 2. The Morgan fingerprint density at radius 3 is 2.81 bits per heavy atom. The van der Waals surface area contributed by atoms with Crippen LogP contribution in [0.5, 0.6) is 0 Å². The fourth-order valence-electron chi connectivity index (χ4n) is 1.53. The number of amides is 1. The monoisotopic (exact) mass is 303 g/mol. The third-order valence-electron chi connectivity index (χ3n) is 2.75. The highest BCUT2D eigenvalue weighted by atomic mass is 79.9. The average Bonchev–Trinajstić information content (AvgIpc) is 2.20. The molecule has 2 rings (SSSR count). The standard InChI is InChI=1S/C10H11BrClN3O/c11-7-4-6(5-14-8(7)12)15-9(16)10(13)2-1-3-10/h4-5H,1-3,13H2,(H,15,16). The summed E-state index contributed by atoms with van der Waals surface area (Å²) >= 11 is 8.99. The predicted molar refractivity (Wildman–Crippen MR) is 66.3 cm³/mol. The van der Waals surface area contributed by atoms with Gasteiger partial charge in [0.25, 0.3) is 0 Å². The van der Waals surface area contributed by atoms with Crippen molar-refractivity contribution >= 4 is 39.1 Å². The molecular weight excluding hydrogens is 293 g/mol. The van der Waals surface area contributed by atoms with E-state index in [1.165, 1.54) is 6.20 Å². The van der Waals surface area contributed by atoms with E-state index in [2.05, 4.69) is 26.2 Å². The van der Waals surface area contributed by atoms with Crippen LogP contribution in [0.25, 0.3) is 0 Å². The third-order valence-corrected chi connectivity index (χ3v) is 3.89. The molecule has 16 heavy (non-hydrogen) atoms. The van der Waals surface area contributed by atoms with Gasteiger partial charge in [-0.3, -0.25) is 4.79 Å². The van der Waals surface area contributed by atoms with Crippen LogP contribution < -0.4 is 11.1 Å². The van der Waals surface area contributed by atoms with Crippen molar-refractivity contribution in [3.8, 4) is 0 Å². The van der Waals surface area contributed by atoms with E-state index in [-0.39, 0.29) is 5.91 Å². The van der Waals surface area contributed by atoms with Gasteiger partial charge in [0.05, 0.1) is 21.9 Å². The second kappa shape index (κ2) is 4.31. The number of nitrogens with two attached hydrogens (primary N) is 1. The van der Waals surface area contributed by atoms with Gasteiger partial charge in [-0.25, -0.2) is 4.98 Å². The van der Waals surface area contributed by atoms with Gasteiger partial charge < -0.3 is 11.1 Å². The fourth-order valence-corrected chi connectivity index (χ4v) is 1.98. The topological polar surface area (TPSA) is 68.0 Å². The highest BCUT2D eigenvalue weighted by Gasteiger charge is 2.40. The summed E-state index contributed by atoms with van der Waals surface area (Å²) in [6.07, 6.45) is 3.99. The summed E-state index contributed by atoms with van der Waals surface area (Å²) < 4.78 is 0.645. The van der Waals surface area contributed by atoms with Gasteiger partial charge >= 0.3 is 0 Å². The van der Waals surface area contributed by atoms with E-state index in [4.69, 9.17) is 17.3 Å². The number of anilines is 1. The number of aromatic nitrogens is 1. The minimum Gasteiger partial charge on any atom is -0.323 e. The lowest BCUT2D eigenvalue weighted by Gasteiger charge is -2.36. The van der Waals surface area contributed by atoms with Gasteiger partial charge in [0.15, 0.2) is 0 Å². The van der Waals surface area contributed by atoms with Crippen LogP contribution in [0.15, 0.2) is 16.7 Å². The highest BCUT2D eigenvalue weighted by Crippen LogP contribution is 2.31. The summed E-state index contributed by atoms with van der Waals surface area (Å²) in [5.74, 6) is -0.158. The van der Waals surface area contributed by atoms with Crippen molar-refractivity contribution in [1.29, 1.82) is 0 Å². The first-order valence-electron chi connectivity index (χ1n) is 4.93. The fraction of sp³-hybridized carbons (Fsp3) is 0.400. The molecule has 0 atom stereocenters. The first-order valence-corrected chi connectivity index (χ1v) is 6.10. The van der Waals surface area contributed by atoms with Gasteiger partial charge in [-0.2, -0.15) is 0 Å². The molecule has 0 unspecified atom stereocenters. The maximum atomic E-state index is 11.8. The van der Waals surface area contributed by atoms with Gasteiger partial charge in [-0.15, -0.1) is 0 Å². The van der Waals surface area contributed by atoms with E-state index < -0.39 is 5.54 Å². The maximum absolute atomic E-state index is 11.8. The Kier molecular flexibility index (Phi) is 3.19. The van der Waals surface area contributed by atoms with Crippen molar-refractivity contribution in [1.82, 2.24) is 4.98 Å². The number of rotatable bonds is 2. The molecule has 0 aromatic carbocycles. The Hall–Kier alpha value is -0.650. The first kappa shape index (κ1) is 11.8. The van der Waals surface area contributed by atoms with Crippen LogP contribution in [0.4, 0.5) is 5.69 Å². The Bertz CT molecular complexity index is 434. The van der Waals surface area contributed by atoms with Crippen LogP contribution in [-0.4, -0.2) is 16.4 Å². The number of carbonyl (C=O) groups is 1. The lowest BCUT2D eigenvalue weighted by molar-refractivity contribution is -0.123. The molecule has 86 valence electrons. The Balaban J connectivity index is 2.09. The number of halogens is 2. The first-order chi connectivity index (χ1) is 7.51. The smallest absolute Gasteiger partial charge is 0.244 e. The van der Waals surface area contributed by atoms with E-state index in [9.17, 15) is 4.79 Å². The molecule has 1 aliphatic carbocycles. The van der Waals surface area contributed by atoms with Crippen molar-refractivity contribution in [2.24, 2.45) is 5.73 Å². The molecule has 1 aromatic heterocycles. The Labute approximate surface area is 107 Å². The molecule has 1 aromatic rings. The molecule has 1 saturated carbocycles. The SMILES string of the molecule is NC1(C(=O)Nc2cnc(Cl)c(Br)c2)CCC1. The zero-order valence-corrected chi connectivity index (χ0v) is 10.8. The second-order valence-electron chi connectivity index (χ2n) is 3.96. The van der Waals surface area contributed by atoms with Crippen LogP contribution in [-0.2, 0) is 4.79 Å². The van der Waals surface area contributed by atoms with Gasteiger partial charge in [0.2, 0.25) is 5.91 Å². The zero-order valence-electron chi connectivity index (χ0n) is 8.46. The molecule has 1 aliphatic rings. The van der Waals surface area contributed by atoms with Crippen LogP contribution in [0, 0.1) is 0 Å². The summed E-state index contributed by atoms with van der Waals surface area (Å²) in [5, 5.41) is 3.10.